The third kappa shape index (κ3) is 2.42. The molecule has 0 heterocycles. The third-order valence-corrected chi connectivity index (χ3v) is 1.88. The summed E-state index contributed by atoms with van der Waals surface area (Å²) in [6, 6.07) is 10.3. The monoisotopic (exact) mass is 161 g/mol. The Morgan fingerprint density at radius 2 is 1.75 bits per heavy atom. The fourth-order valence-electron chi connectivity index (χ4n) is 0.920. The summed E-state index contributed by atoms with van der Waals surface area (Å²) in [5, 5.41) is 0. The van der Waals surface area contributed by atoms with Crippen LogP contribution in [-0.2, 0) is 0 Å². The Bertz CT molecular complexity index is 260. The number of allylic oxidation sites excluding steroid dienone is 1. The quantitative estimate of drug-likeness (QED) is 0.644. The van der Waals surface area contributed by atoms with Crippen molar-refractivity contribution in [1.29, 1.82) is 0 Å². The smallest absolute Gasteiger partial charge is 0.0102 e. The summed E-state index contributed by atoms with van der Waals surface area (Å²) < 4.78 is 0. The molecule has 0 unspecified atom stereocenters. The zero-order valence-corrected chi connectivity index (χ0v) is 7.91. The summed E-state index contributed by atoms with van der Waals surface area (Å²) in [7, 11) is 4.10. The van der Waals surface area contributed by atoms with Crippen LogP contribution in [0, 0.1) is 0 Å². The molecule has 0 spiro atoms. The fourth-order valence-corrected chi connectivity index (χ4v) is 0.920. The Labute approximate surface area is 74.3 Å². The lowest BCUT2D eigenvalue weighted by Gasteiger charge is -2.12. The zero-order chi connectivity index (χ0) is 8.97. The summed E-state index contributed by atoms with van der Waals surface area (Å²) in [4.78, 5) is 2.10. The highest BCUT2D eigenvalue weighted by molar-refractivity contribution is 5.51. The van der Waals surface area contributed by atoms with E-state index >= 15 is 0 Å². The molecule has 0 aromatic heterocycles. The van der Waals surface area contributed by atoms with Crippen molar-refractivity contribution < 1.29 is 0 Å². The fraction of sp³-hybridized carbons (Fsp3) is 0.273. The van der Waals surface area contributed by atoms with Crippen molar-refractivity contribution in [2.24, 2.45) is 0 Å². The van der Waals surface area contributed by atoms with Gasteiger partial charge in [-0.2, -0.15) is 0 Å². The minimum atomic E-state index is 1.25. The molecular weight excluding hydrogens is 146 g/mol. The van der Waals surface area contributed by atoms with E-state index in [1.54, 1.807) is 0 Å². The van der Waals surface area contributed by atoms with Gasteiger partial charge in [-0.1, -0.05) is 30.3 Å². The first-order valence-electron chi connectivity index (χ1n) is 4.11. The van der Waals surface area contributed by atoms with Crippen molar-refractivity contribution in [3.05, 3.63) is 41.6 Å². The van der Waals surface area contributed by atoms with Crippen LogP contribution in [0.25, 0.3) is 6.08 Å². The zero-order valence-electron chi connectivity index (χ0n) is 7.91. The lowest BCUT2D eigenvalue weighted by Crippen LogP contribution is -2.07. The van der Waals surface area contributed by atoms with E-state index in [2.05, 4.69) is 56.3 Å². The summed E-state index contributed by atoms with van der Waals surface area (Å²) >= 11 is 0. The molecule has 0 bridgehead atoms. The first kappa shape index (κ1) is 8.85. The maximum Gasteiger partial charge on any atom is 0.0102 e. The first-order valence-corrected chi connectivity index (χ1v) is 4.11. The van der Waals surface area contributed by atoms with Gasteiger partial charge in [-0.3, -0.25) is 0 Å². The lowest BCUT2D eigenvalue weighted by molar-refractivity contribution is 0.518. The highest BCUT2D eigenvalue weighted by Crippen LogP contribution is 2.06. The molecule has 1 aromatic carbocycles. The van der Waals surface area contributed by atoms with Crippen LogP contribution in [0.1, 0.15) is 12.5 Å². The SMILES string of the molecule is C/C(=C\c1ccccc1)N(C)C. The first-order chi connectivity index (χ1) is 5.70. The van der Waals surface area contributed by atoms with Gasteiger partial charge >= 0.3 is 0 Å². The van der Waals surface area contributed by atoms with Crippen LogP contribution >= 0.6 is 0 Å². The Balaban J connectivity index is 2.81. The summed E-state index contributed by atoms with van der Waals surface area (Å²) in [6.07, 6.45) is 2.17. The second-order valence-electron chi connectivity index (χ2n) is 3.09. The number of rotatable bonds is 2. The van der Waals surface area contributed by atoms with E-state index in [0.717, 1.165) is 0 Å². The Morgan fingerprint density at radius 1 is 1.17 bits per heavy atom. The molecular formula is C11H15N. The van der Waals surface area contributed by atoms with Gasteiger partial charge in [0.25, 0.3) is 0 Å². The van der Waals surface area contributed by atoms with Gasteiger partial charge in [0.05, 0.1) is 0 Å². The van der Waals surface area contributed by atoms with Crippen LogP contribution < -0.4 is 0 Å². The summed E-state index contributed by atoms with van der Waals surface area (Å²) in [5.74, 6) is 0. The van der Waals surface area contributed by atoms with Gasteiger partial charge < -0.3 is 4.90 Å². The maximum absolute atomic E-state index is 2.17. The molecule has 0 radical (unpaired) electrons. The van der Waals surface area contributed by atoms with Crippen molar-refractivity contribution in [3.8, 4) is 0 Å². The second kappa shape index (κ2) is 3.96. The Morgan fingerprint density at radius 3 is 2.25 bits per heavy atom. The number of hydrogen-bond donors (Lipinski definition) is 0. The molecule has 1 heteroatoms. The van der Waals surface area contributed by atoms with Crippen molar-refractivity contribution in [2.75, 3.05) is 14.1 Å². The molecule has 0 N–H and O–H groups in total. The predicted octanol–water partition coefficient (Wildman–Crippen LogP) is 2.61. The summed E-state index contributed by atoms with van der Waals surface area (Å²) in [6.45, 7) is 2.10. The average molecular weight is 161 g/mol. The van der Waals surface area contributed by atoms with E-state index in [-0.39, 0.29) is 0 Å². The van der Waals surface area contributed by atoms with Gasteiger partial charge in [0.1, 0.15) is 0 Å². The molecule has 1 nitrogen and oxygen atoms in total. The number of benzene rings is 1. The molecule has 0 aliphatic rings. The lowest BCUT2D eigenvalue weighted by atomic mass is 10.2. The molecule has 0 aliphatic heterocycles. The minimum Gasteiger partial charge on any atom is -0.381 e. The normalized spacial score (nSPS) is 11.4. The van der Waals surface area contributed by atoms with Crippen LogP contribution in [0.5, 0.6) is 0 Å². The van der Waals surface area contributed by atoms with Crippen LogP contribution in [0.3, 0.4) is 0 Å². The molecule has 12 heavy (non-hydrogen) atoms. The molecule has 64 valence electrons. The molecule has 0 saturated carbocycles. The van der Waals surface area contributed by atoms with Crippen LogP contribution in [0.4, 0.5) is 0 Å². The molecule has 0 aliphatic carbocycles. The van der Waals surface area contributed by atoms with E-state index in [1.807, 2.05) is 6.07 Å². The van der Waals surface area contributed by atoms with E-state index in [1.165, 1.54) is 11.3 Å². The van der Waals surface area contributed by atoms with Gasteiger partial charge in [0, 0.05) is 19.8 Å². The van der Waals surface area contributed by atoms with E-state index in [9.17, 15) is 0 Å². The van der Waals surface area contributed by atoms with Gasteiger partial charge in [-0.05, 0) is 18.6 Å². The van der Waals surface area contributed by atoms with Crippen molar-refractivity contribution in [1.82, 2.24) is 4.90 Å². The Kier molecular flexibility index (Phi) is 2.92. The predicted molar refractivity (Wildman–Crippen MR) is 53.8 cm³/mol. The van der Waals surface area contributed by atoms with Gasteiger partial charge in [0.2, 0.25) is 0 Å². The Hall–Kier alpha value is -1.24. The van der Waals surface area contributed by atoms with Crippen LogP contribution in [0.2, 0.25) is 0 Å². The van der Waals surface area contributed by atoms with Gasteiger partial charge in [-0.25, -0.2) is 0 Å². The van der Waals surface area contributed by atoms with Crippen LogP contribution in [0.15, 0.2) is 36.0 Å². The van der Waals surface area contributed by atoms with E-state index in [0.29, 0.717) is 0 Å². The molecule has 1 rings (SSSR count). The second-order valence-corrected chi connectivity index (χ2v) is 3.09. The van der Waals surface area contributed by atoms with Crippen LogP contribution in [-0.4, -0.2) is 19.0 Å². The van der Waals surface area contributed by atoms with Gasteiger partial charge in [-0.15, -0.1) is 0 Å². The number of nitrogens with zero attached hydrogens (tertiary/aromatic N) is 1. The molecule has 0 saturated heterocycles. The highest BCUT2D eigenvalue weighted by atomic mass is 15.1. The third-order valence-electron chi connectivity index (χ3n) is 1.88. The average Bonchev–Trinajstić information content (AvgIpc) is 2.06. The summed E-state index contributed by atoms with van der Waals surface area (Å²) in [5.41, 5.74) is 2.52. The standard InChI is InChI=1S/C11H15N/c1-10(12(2)3)9-11-7-5-4-6-8-11/h4-9H,1-3H3/b10-9+. The minimum absolute atomic E-state index is 1.25. The molecule has 0 amide bonds. The molecule has 0 atom stereocenters. The highest BCUT2D eigenvalue weighted by Gasteiger charge is 1.90. The molecule has 1 aromatic rings. The van der Waals surface area contributed by atoms with Crippen molar-refractivity contribution >= 4 is 6.08 Å². The van der Waals surface area contributed by atoms with Gasteiger partial charge in [0.15, 0.2) is 0 Å². The largest absolute Gasteiger partial charge is 0.381 e. The van der Waals surface area contributed by atoms with E-state index in [4.69, 9.17) is 0 Å². The van der Waals surface area contributed by atoms with Crippen molar-refractivity contribution in [3.63, 3.8) is 0 Å². The van der Waals surface area contributed by atoms with Crippen molar-refractivity contribution in [2.45, 2.75) is 6.92 Å². The maximum atomic E-state index is 2.17. The topological polar surface area (TPSA) is 3.24 Å². The number of hydrogen-bond acceptors (Lipinski definition) is 1. The van der Waals surface area contributed by atoms with E-state index < -0.39 is 0 Å². The molecule has 0 fully saturated rings.